The fraction of sp³-hybridized carbons (Fsp3) is 0.167. The van der Waals surface area contributed by atoms with Crippen LogP contribution in [-0.2, 0) is 14.3 Å². The first-order chi connectivity index (χ1) is 15.1. The Morgan fingerprint density at radius 3 is 2.19 bits per heavy atom. The van der Waals surface area contributed by atoms with Gasteiger partial charge in [0.25, 0.3) is 5.91 Å². The number of amides is 1. The van der Waals surface area contributed by atoms with Crippen molar-refractivity contribution < 1.29 is 23.8 Å². The van der Waals surface area contributed by atoms with Crippen LogP contribution >= 0.6 is 0 Å². The van der Waals surface area contributed by atoms with E-state index in [0.29, 0.717) is 23.8 Å². The summed E-state index contributed by atoms with van der Waals surface area (Å²) in [6, 6.07) is 24.0. The second-order valence-corrected chi connectivity index (χ2v) is 6.44. The molecule has 0 atom stereocenters. The van der Waals surface area contributed by atoms with Crippen molar-refractivity contribution in [3.8, 4) is 11.5 Å². The van der Waals surface area contributed by atoms with Gasteiger partial charge in [0.05, 0.1) is 12.3 Å². The van der Waals surface area contributed by atoms with Gasteiger partial charge < -0.3 is 24.8 Å². The maximum Gasteiger partial charge on any atom is 0.344 e. The van der Waals surface area contributed by atoms with E-state index in [9.17, 15) is 9.59 Å². The topological polar surface area (TPSA) is 85.9 Å². The van der Waals surface area contributed by atoms with Crippen LogP contribution in [0.25, 0.3) is 0 Å². The van der Waals surface area contributed by atoms with Gasteiger partial charge in [-0.3, -0.25) is 4.79 Å². The summed E-state index contributed by atoms with van der Waals surface area (Å²) in [6.45, 7) is 1.62. The van der Waals surface area contributed by atoms with Crippen molar-refractivity contribution in [3.05, 3.63) is 78.9 Å². The summed E-state index contributed by atoms with van der Waals surface area (Å²) < 4.78 is 15.8. The van der Waals surface area contributed by atoms with Gasteiger partial charge in [0, 0.05) is 11.4 Å². The van der Waals surface area contributed by atoms with Crippen LogP contribution in [0.1, 0.15) is 6.92 Å². The average Bonchev–Trinajstić information content (AvgIpc) is 2.79. The molecule has 0 unspecified atom stereocenters. The van der Waals surface area contributed by atoms with Crippen molar-refractivity contribution in [2.24, 2.45) is 0 Å². The Bertz CT molecular complexity index is 990. The molecule has 160 valence electrons. The van der Waals surface area contributed by atoms with Crippen LogP contribution < -0.4 is 20.1 Å². The van der Waals surface area contributed by atoms with Crippen molar-refractivity contribution in [1.82, 2.24) is 0 Å². The molecule has 0 bridgehead atoms. The fourth-order valence-electron chi connectivity index (χ4n) is 2.69. The number of para-hydroxylation sites is 3. The molecule has 2 N–H and O–H groups in total. The van der Waals surface area contributed by atoms with Crippen LogP contribution in [0.5, 0.6) is 11.5 Å². The zero-order valence-corrected chi connectivity index (χ0v) is 17.2. The smallest absolute Gasteiger partial charge is 0.344 e. The van der Waals surface area contributed by atoms with Crippen LogP contribution in [0.3, 0.4) is 0 Å². The van der Waals surface area contributed by atoms with Crippen LogP contribution in [0, 0.1) is 0 Å². The Morgan fingerprint density at radius 1 is 0.774 bits per heavy atom. The minimum Gasteiger partial charge on any atom is -0.492 e. The molecule has 0 aromatic heterocycles. The van der Waals surface area contributed by atoms with E-state index in [1.54, 1.807) is 30.3 Å². The molecular formula is C24H24N2O5. The van der Waals surface area contributed by atoms with Gasteiger partial charge in [0.2, 0.25) is 0 Å². The number of rotatable bonds is 10. The second kappa shape index (κ2) is 11.3. The summed E-state index contributed by atoms with van der Waals surface area (Å²) in [5, 5.41) is 5.92. The maximum atomic E-state index is 12.0. The van der Waals surface area contributed by atoms with Crippen molar-refractivity contribution in [2.75, 3.05) is 30.5 Å². The highest BCUT2D eigenvalue weighted by atomic mass is 16.6. The van der Waals surface area contributed by atoms with Gasteiger partial charge in [-0.05, 0) is 55.5 Å². The fourth-order valence-corrected chi connectivity index (χ4v) is 2.69. The lowest BCUT2D eigenvalue weighted by Crippen LogP contribution is -2.23. The van der Waals surface area contributed by atoms with Gasteiger partial charge in [-0.1, -0.05) is 30.3 Å². The molecule has 0 aliphatic heterocycles. The molecule has 0 fully saturated rings. The lowest BCUT2D eigenvalue weighted by molar-refractivity contribution is -0.149. The van der Waals surface area contributed by atoms with Crippen molar-refractivity contribution in [2.45, 2.75) is 6.92 Å². The van der Waals surface area contributed by atoms with Crippen LogP contribution in [0.15, 0.2) is 78.9 Å². The summed E-state index contributed by atoms with van der Waals surface area (Å²) in [5.74, 6) is -0.0274. The maximum absolute atomic E-state index is 12.0. The largest absolute Gasteiger partial charge is 0.492 e. The summed E-state index contributed by atoms with van der Waals surface area (Å²) in [6.07, 6.45) is 0. The van der Waals surface area contributed by atoms with Crippen LogP contribution in [0.2, 0.25) is 0 Å². The number of hydrogen-bond donors (Lipinski definition) is 2. The Kier molecular flexibility index (Phi) is 7.88. The molecule has 0 aliphatic carbocycles. The first-order valence-corrected chi connectivity index (χ1v) is 9.86. The number of hydrogen-bond acceptors (Lipinski definition) is 6. The van der Waals surface area contributed by atoms with Gasteiger partial charge in [-0.2, -0.15) is 0 Å². The molecule has 31 heavy (non-hydrogen) atoms. The molecule has 0 aliphatic rings. The molecule has 0 heterocycles. The number of carbonyl (C=O) groups excluding carboxylic acids is 2. The molecule has 3 aromatic rings. The minimum absolute atomic E-state index is 0.297. The van der Waals surface area contributed by atoms with Crippen molar-refractivity contribution in [1.29, 1.82) is 0 Å². The Morgan fingerprint density at radius 2 is 1.45 bits per heavy atom. The predicted octanol–water partition coefficient (Wildman–Crippen LogP) is 4.39. The molecule has 3 rings (SSSR count). The van der Waals surface area contributed by atoms with E-state index >= 15 is 0 Å². The summed E-state index contributed by atoms with van der Waals surface area (Å²) in [5.41, 5.74) is 2.39. The lowest BCUT2D eigenvalue weighted by atomic mass is 10.2. The highest BCUT2D eigenvalue weighted by Crippen LogP contribution is 2.23. The van der Waals surface area contributed by atoms with Gasteiger partial charge in [-0.25, -0.2) is 4.79 Å². The van der Waals surface area contributed by atoms with Gasteiger partial charge in [0.15, 0.2) is 13.2 Å². The zero-order chi connectivity index (χ0) is 21.9. The van der Waals surface area contributed by atoms with Crippen LogP contribution in [0.4, 0.5) is 17.1 Å². The minimum atomic E-state index is -0.639. The number of benzene rings is 3. The standard InChI is InChI=1S/C24H24N2O5/c1-2-29-22-11-7-6-10-21(22)26-23(27)16-31-24(28)17-30-20-14-12-19(13-15-20)25-18-8-4-3-5-9-18/h3-15,25H,2,16-17H2,1H3,(H,26,27). The van der Waals surface area contributed by atoms with E-state index in [4.69, 9.17) is 14.2 Å². The lowest BCUT2D eigenvalue weighted by Gasteiger charge is -2.11. The quantitative estimate of drug-likeness (QED) is 0.473. The van der Waals surface area contributed by atoms with E-state index in [2.05, 4.69) is 10.6 Å². The van der Waals surface area contributed by atoms with E-state index in [-0.39, 0.29) is 6.61 Å². The van der Waals surface area contributed by atoms with E-state index in [1.807, 2.05) is 55.5 Å². The highest BCUT2D eigenvalue weighted by molar-refractivity contribution is 5.94. The first-order valence-electron chi connectivity index (χ1n) is 9.86. The molecule has 7 heteroatoms. The molecule has 7 nitrogen and oxygen atoms in total. The van der Waals surface area contributed by atoms with E-state index in [1.165, 1.54) is 0 Å². The van der Waals surface area contributed by atoms with Gasteiger partial charge in [-0.15, -0.1) is 0 Å². The molecule has 3 aromatic carbocycles. The molecular weight excluding hydrogens is 396 g/mol. The van der Waals surface area contributed by atoms with E-state index in [0.717, 1.165) is 11.4 Å². The van der Waals surface area contributed by atoms with Gasteiger partial charge >= 0.3 is 5.97 Å². The third-order valence-corrected chi connectivity index (χ3v) is 4.10. The molecule has 0 radical (unpaired) electrons. The average molecular weight is 420 g/mol. The van der Waals surface area contributed by atoms with E-state index < -0.39 is 18.5 Å². The SMILES string of the molecule is CCOc1ccccc1NC(=O)COC(=O)COc1ccc(Nc2ccccc2)cc1. The third-order valence-electron chi connectivity index (χ3n) is 4.10. The summed E-state index contributed by atoms with van der Waals surface area (Å²) >= 11 is 0. The number of anilines is 3. The molecule has 0 saturated carbocycles. The Balaban J connectivity index is 1.40. The normalized spacial score (nSPS) is 10.1. The summed E-state index contributed by atoms with van der Waals surface area (Å²) in [4.78, 5) is 23.9. The number of nitrogens with one attached hydrogen (secondary N) is 2. The van der Waals surface area contributed by atoms with Crippen LogP contribution in [-0.4, -0.2) is 31.7 Å². The Labute approximate surface area is 180 Å². The number of ether oxygens (including phenoxy) is 3. The third kappa shape index (κ3) is 7.08. The highest BCUT2D eigenvalue weighted by Gasteiger charge is 2.11. The summed E-state index contributed by atoms with van der Waals surface area (Å²) in [7, 11) is 0. The number of carbonyl (C=O) groups is 2. The van der Waals surface area contributed by atoms with Crippen molar-refractivity contribution >= 4 is 28.9 Å². The molecule has 1 amide bonds. The monoisotopic (exact) mass is 420 g/mol. The van der Waals surface area contributed by atoms with Gasteiger partial charge in [0.1, 0.15) is 11.5 Å². The zero-order valence-electron chi connectivity index (χ0n) is 17.2. The van der Waals surface area contributed by atoms with Crippen molar-refractivity contribution in [3.63, 3.8) is 0 Å². The first kappa shape index (κ1) is 21.7. The predicted molar refractivity (Wildman–Crippen MR) is 119 cm³/mol. The molecule has 0 saturated heterocycles. The second-order valence-electron chi connectivity index (χ2n) is 6.44. The molecule has 0 spiro atoms. The number of esters is 1. The Hall–Kier alpha value is -4.00.